The second-order valence-corrected chi connectivity index (χ2v) is 11.6. The Morgan fingerprint density at radius 1 is 1.00 bits per heavy atom. The topological polar surface area (TPSA) is 89.4 Å². The number of hydrogen-bond acceptors (Lipinski definition) is 6. The Hall–Kier alpha value is -4.35. The van der Waals surface area contributed by atoms with Gasteiger partial charge in [-0.3, -0.25) is 4.79 Å². The SMILES string of the molecule is COc1cccc([C@H]2OC(c3ccc(OCCCO)cc3)=N[C@@]2(Cc2ccccc2Br)C(=O)NCc2ccc(C(F)(F)F)cc2)c1. The molecule has 2 N–H and O–H groups in total. The summed E-state index contributed by atoms with van der Waals surface area (Å²) in [6.07, 6.45) is -4.72. The third-order valence-corrected chi connectivity index (χ3v) is 8.35. The zero-order chi connectivity index (χ0) is 32.7. The van der Waals surface area contributed by atoms with Crippen molar-refractivity contribution in [1.82, 2.24) is 5.32 Å². The van der Waals surface area contributed by atoms with Crippen LogP contribution in [-0.2, 0) is 28.7 Å². The van der Waals surface area contributed by atoms with Crippen LogP contribution in [0.3, 0.4) is 0 Å². The van der Waals surface area contributed by atoms with E-state index in [1.807, 2.05) is 30.3 Å². The minimum absolute atomic E-state index is 0.0228. The molecule has 2 atom stereocenters. The van der Waals surface area contributed by atoms with E-state index in [1.165, 1.54) is 12.1 Å². The minimum Gasteiger partial charge on any atom is -0.497 e. The summed E-state index contributed by atoms with van der Waals surface area (Å²) in [5.41, 5.74) is 0.282. The van der Waals surface area contributed by atoms with Crippen LogP contribution in [0.15, 0.2) is 107 Å². The molecule has 240 valence electrons. The maximum Gasteiger partial charge on any atom is 0.416 e. The number of carbonyl (C=O) groups is 1. The van der Waals surface area contributed by atoms with E-state index in [-0.39, 0.29) is 25.5 Å². The van der Waals surface area contributed by atoms with E-state index >= 15 is 0 Å². The summed E-state index contributed by atoms with van der Waals surface area (Å²) < 4.78 is 57.8. The van der Waals surface area contributed by atoms with Crippen molar-refractivity contribution in [2.75, 3.05) is 20.3 Å². The Morgan fingerprint density at radius 2 is 1.74 bits per heavy atom. The molecule has 11 heteroatoms. The van der Waals surface area contributed by atoms with Gasteiger partial charge in [-0.2, -0.15) is 13.2 Å². The Kier molecular flexibility index (Phi) is 10.3. The number of rotatable bonds is 12. The minimum atomic E-state index is -4.46. The number of methoxy groups -OCH3 is 1. The first-order valence-corrected chi connectivity index (χ1v) is 15.3. The molecule has 0 aromatic heterocycles. The Morgan fingerprint density at radius 3 is 2.41 bits per heavy atom. The molecule has 0 unspecified atom stereocenters. The highest BCUT2D eigenvalue weighted by Crippen LogP contribution is 2.44. The normalized spacial score (nSPS) is 17.6. The van der Waals surface area contributed by atoms with Gasteiger partial charge in [0.1, 0.15) is 11.5 Å². The zero-order valence-corrected chi connectivity index (χ0v) is 26.5. The predicted molar refractivity (Wildman–Crippen MR) is 171 cm³/mol. The third kappa shape index (κ3) is 7.54. The summed E-state index contributed by atoms with van der Waals surface area (Å²) in [5.74, 6) is 0.953. The van der Waals surface area contributed by atoms with Gasteiger partial charge in [-0.15, -0.1) is 0 Å². The summed E-state index contributed by atoms with van der Waals surface area (Å²) in [5, 5.41) is 12.0. The first-order valence-electron chi connectivity index (χ1n) is 14.6. The van der Waals surface area contributed by atoms with Crippen LogP contribution in [0.5, 0.6) is 11.5 Å². The lowest BCUT2D eigenvalue weighted by atomic mass is 9.82. The average Bonchev–Trinajstić information content (AvgIpc) is 3.45. The molecule has 0 bridgehead atoms. The van der Waals surface area contributed by atoms with Crippen molar-refractivity contribution in [3.05, 3.63) is 129 Å². The number of halogens is 4. The number of aliphatic imine (C=N–C) groups is 1. The molecular weight excluding hydrogens is 665 g/mol. The molecule has 7 nitrogen and oxygen atoms in total. The van der Waals surface area contributed by atoms with Crippen LogP contribution in [-0.4, -0.2) is 42.8 Å². The van der Waals surface area contributed by atoms with Crippen LogP contribution in [0.4, 0.5) is 13.2 Å². The van der Waals surface area contributed by atoms with E-state index in [2.05, 4.69) is 21.2 Å². The van der Waals surface area contributed by atoms with Gasteiger partial charge in [-0.25, -0.2) is 4.99 Å². The van der Waals surface area contributed by atoms with Crippen LogP contribution < -0.4 is 14.8 Å². The van der Waals surface area contributed by atoms with Crippen LogP contribution in [0.2, 0.25) is 0 Å². The highest BCUT2D eigenvalue weighted by atomic mass is 79.9. The van der Waals surface area contributed by atoms with Crippen LogP contribution in [0.25, 0.3) is 0 Å². The summed E-state index contributed by atoms with van der Waals surface area (Å²) in [6.45, 7) is 0.360. The molecule has 0 saturated carbocycles. The molecule has 1 aliphatic heterocycles. The fraction of sp³-hybridized carbons (Fsp3) is 0.257. The molecule has 0 aliphatic carbocycles. The molecule has 0 fully saturated rings. The molecule has 0 spiro atoms. The van der Waals surface area contributed by atoms with Crippen LogP contribution in [0, 0.1) is 0 Å². The summed E-state index contributed by atoms with van der Waals surface area (Å²) in [4.78, 5) is 19.4. The second-order valence-electron chi connectivity index (χ2n) is 10.7. The number of amides is 1. The lowest BCUT2D eigenvalue weighted by Crippen LogP contribution is -2.49. The van der Waals surface area contributed by atoms with Crippen molar-refractivity contribution in [2.24, 2.45) is 4.99 Å². The van der Waals surface area contributed by atoms with Crippen molar-refractivity contribution in [3.63, 3.8) is 0 Å². The van der Waals surface area contributed by atoms with Gasteiger partial charge in [0.05, 0.1) is 19.3 Å². The van der Waals surface area contributed by atoms with Gasteiger partial charge in [0.2, 0.25) is 5.90 Å². The third-order valence-electron chi connectivity index (χ3n) is 7.58. The number of benzene rings is 4. The molecule has 5 rings (SSSR count). The largest absolute Gasteiger partial charge is 0.497 e. The van der Waals surface area contributed by atoms with E-state index in [0.717, 1.165) is 22.2 Å². The van der Waals surface area contributed by atoms with Gasteiger partial charge in [-0.05, 0) is 71.3 Å². The van der Waals surface area contributed by atoms with E-state index in [9.17, 15) is 18.0 Å². The highest BCUT2D eigenvalue weighted by Gasteiger charge is 2.53. The molecule has 0 saturated heterocycles. The van der Waals surface area contributed by atoms with Crippen LogP contribution >= 0.6 is 15.9 Å². The standard InChI is InChI=1S/C35H32BrF3N2O5/c1-44-29-8-4-7-25(20-29)31-34(21-26-6-2-3-9-30(26)36,33(43)40-22-23-10-14-27(15-11-23)35(37,38)39)41-32(46-31)24-12-16-28(17-13-24)45-19-5-18-42/h2-4,6-17,20,31,42H,5,18-19,21-22H2,1H3,(H,40,43)/t31-,34-/m1/s1. The lowest BCUT2D eigenvalue weighted by Gasteiger charge is -2.31. The molecule has 4 aromatic rings. The highest BCUT2D eigenvalue weighted by molar-refractivity contribution is 9.10. The van der Waals surface area contributed by atoms with E-state index in [0.29, 0.717) is 41.2 Å². The van der Waals surface area contributed by atoms with Crippen molar-refractivity contribution in [1.29, 1.82) is 0 Å². The predicted octanol–water partition coefficient (Wildman–Crippen LogP) is 7.05. The number of nitrogens with zero attached hydrogens (tertiary/aromatic N) is 1. The van der Waals surface area contributed by atoms with Gasteiger partial charge in [-0.1, -0.05) is 58.4 Å². The number of carbonyl (C=O) groups excluding carboxylic acids is 1. The van der Waals surface area contributed by atoms with E-state index in [4.69, 9.17) is 24.3 Å². The quantitative estimate of drug-likeness (QED) is 0.155. The molecule has 1 amide bonds. The fourth-order valence-corrected chi connectivity index (χ4v) is 5.59. The van der Waals surface area contributed by atoms with Gasteiger partial charge in [0.25, 0.3) is 5.91 Å². The van der Waals surface area contributed by atoms with Crippen molar-refractivity contribution >= 4 is 27.7 Å². The summed E-state index contributed by atoms with van der Waals surface area (Å²) in [6, 6.07) is 26.5. The first kappa shape index (κ1) is 33.0. The smallest absolute Gasteiger partial charge is 0.416 e. The molecule has 0 radical (unpaired) electrons. The van der Waals surface area contributed by atoms with Gasteiger partial charge < -0.3 is 24.6 Å². The maximum absolute atomic E-state index is 14.4. The molecule has 46 heavy (non-hydrogen) atoms. The Bertz CT molecular complexity index is 1680. The zero-order valence-electron chi connectivity index (χ0n) is 24.9. The Labute approximate surface area is 273 Å². The average molecular weight is 698 g/mol. The number of alkyl halides is 3. The fourth-order valence-electron chi connectivity index (χ4n) is 5.17. The number of ether oxygens (including phenoxy) is 3. The molecule has 4 aromatic carbocycles. The van der Waals surface area contributed by atoms with E-state index in [1.54, 1.807) is 49.6 Å². The molecular formula is C35H32BrF3N2O5. The second kappa shape index (κ2) is 14.4. The first-order chi connectivity index (χ1) is 22.1. The van der Waals surface area contributed by atoms with Gasteiger partial charge in [0.15, 0.2) is 11.6 Å². The number of aliphatic hydroxyl groups is 1. The number of nitrogens with one attached hydrogen (secondary N) is 1. The summed E-state index contributed by atoms with van der Waals surface area (Å²) in [7, 11) is 1.55. The van der Waals surface area contributed by atoms with Gasteiger partial charge in [0, 0.05) is 36.0 Å². The molecule has 1 aliphatic rings. The summed E-state index contributed by atoms with van der Waals surface area (Å²) >= 11 is 3.61. The van der Waals surface area contributed by atoms with E-state index < -0.39 is 29.3 Å². The maximum atomic E-state index is 14.4. The number of aliphatic hydroxyl groups excluding tert-OH is 1. The van der Waals surface area contributed by atoms with Gasteiger partial charge >= 0.3 is 6.18 Å². The Balaban J connectivity index is 1.55. The number of hydrogen-bond donors (Lipinski definition) is 2. The molecule has 1 heterocycles. The van der Waals surface area contributed by atoms with Crippen LogP contribution in [0.1, 0.15) is 40.3 Å². The van der Waals surface area contributed by atoms with Crippen molar-refractivity contribution in [3.8, 4) is 11.5 Å². The monoisotopic (exact) mass is 696 g/mol. The lowest BCUT2D eigenvalue weighted by molar-refractivity contribution is -0.137. The van der Waals surface area contributed by atoms with Crippen molar-refractivity contribution in [2.45, 2.75) is 37.2 Å². The van der Waals surface area contributed by atoms with Crippen molar-refractivity contribution < 1.29 is 37.3 Å².